The van der Waals surface area contributed by atoms with Crippen molar-refractivity contribution in [2.75, 3.05) is 27.4 Å². The second-order valence-electron chi connectivity index (χ2n) is 20.5. The maximum Gasteiger partial charge on any atom is 0.309 e. The summed E-state index contributed by atoms with van der Waals surface area (Å²) in [4.78, 5) is 13.8. The summed E-state index contributed by atoms with van der Waals surface area (Å²) in [7, 11) is 3.08. The fourth-order valence-corrected chi connectivity index (χ4v) is 12.6. The summed E-state index contributed by atoms with van der Waals surface area (Å²) in [5.74, 6) is -1.52. The molecule has 9 aliphatic rings. The Morgan fingerprint density at radius 1 is 0.746 bits per heavy atom. The van der Waals surface area contributed by atoms with Crippen LogP contribution in [-0.4, -0.2) is 193 Å². The molecule has 2 aliphatic carbocycles. The Hall–Kier alpha value is -1.93. The predicted octanol–water partition coefficient (Wildman–Crippen LogP) is 0.829. The summed E-state index contributed by atoms with van der Waals surface area (Å²) >= 11 is 0. The lowest BCUT2D eigenvalue weighted by atomic mass is 9.55. The van der Waals surface area contributed by atoms with E-state index < -0.39 is 135 Å². The Kier molecular flexibility index (Phi) is 14.9. The third-order valence-corrected chi connectivity index (χ3v) is 16.3. The SMILES string of the molecule is CO[C@@H]1C[C@H](O[C@@H]2CC3=CC[C@H]4C(=O)OC5CO[C@]6(C)OC=C(CC[C@@H]4[C@@]3(C)C[C@H]2O)[C@H]56)O[C@H](C)[C@H]1O[C@H]1C[C@@H](O)[C@H](O[C@H]2C[C@@H](OC)[C@H](O[C@@H]3O[C@H](CO)[C@@H](O)[C@H](O)[C@H]3O)[C@@H](C)O2)[C@@H](C)O1. The highest BCUT2D eigenvalue weighted by Crippen LogP contribution is 2.57. The van der Waals surface area contributed by atoms with Gasteiger partial charge in [0.05, 0.1) is 80.1 Å². The summed E-state index contributed by atoms with van der Waals surface area (Å²) in [5, 5.41) is 63.8. The van der Waals surface area contributed by atoms with E-state index in [1.165, 1.54) is 12.7 Å². The van der Waals surface area contributed by atoms with Crippen molar-refractivity contribution in [1.29, 1.82) is 0 Å². The second kappa shape index (κ2) is 19.9. The van der Waals surface area contributed by atoms with Gasteiger partial charge < -0.3 is 92.2 Å². The van der Waals surface area contributed by atoms with Gasteiger partial charge in [0.25, 0.3) is 0 Å². The van der Waals surface area contributed by atoms with Crippen molar-refractivity contribution < 1.29 is 97.0 Å². The Bertz CT molecular complexity index is 1790. The fourth-order valence-electron chi connectivity index (χ4n) is 12.6. The van der Waals surface area contributed by atoms with Gasteiger partial charge in [-0.25, -0.2) is 0 Å². The molecule has 25 atom stereocenters. The summed E-state index contributed by atoms with van der Waals surface area (Å²) in [5.41, 5.74) is 1.84. The molecule has 0 radical (unpaired) electrons. The van der Waals surface area contributed by atoms with Gasteiger partial charge in [0, 0.05) is 40.4 Å². The van der Waals surface area contributed by atoms with Crippen LogP contribution in [0.25, 0.3) is 0 Å². The summed E-state index contributed by atoms with van der Waals surface area (Å²) in [6, 6.07) is 0. The van der Waals surface area contributed by atoms with Gasteiger partial charge in [0.15, 0.2) is 25.2 Å². The van der Waals surface area contributed by atoms with Crippen LogP contribution in [0.5, 0.6) is 0 Å². The molecule has 7 aliphatic heterocycles. The zero-order valence-corrected chi connectivity index (χ0v) is 39.4. The Morgan fingerprint density at radius 3 is 2.03 bits per heavy atom. The first-order valence-electron chi connectivity index (χ1n) is 24.2. The first-order valence-corrected chi connectivity index (χ1v) is 24.2. The highest BCUT2D eigenvalue weighted by Gasteiger charge is 2.59. The van der Waals surface area contributed by atoms with E-state index >= 15 is 0 Å². The zero-order valence-electron chi connectivity index (χ0n) is 39.4. The van der Waals surface area contributed by atoms with E-state index in [4.69, 9.17) is 61.6 Å². The maximum absolute atomic E-state index is 13.8. The number of fused-ring (bicyclic) bond motifs is 3. The first-order chi connectivity index (χ1) is 31.9. The number of ether oxygens (including phenoxy) is 13. The van der Waals surface area contributed by atoms with Gasteiger partial charge >= 0.3 is 5.97 Å². The Balaban J connectivity index is 0.768. The van der Waals surface area contributed by atoms with Crippen molar-refractivity contribution in [3.63, 3.8) is 0 Å². The molecule has 0 aromatic rings. The third-order valence-electron chi connectivity index (χ3n) is 16.3. The van der Waals surface area contributed by atoms with Gasteiger partial charge in [-0.2, -0.15) is 0 Å². The lowest BCUT2D eigenvalue weighted by molar-refractivity contribution is -0.356. The van der Waals surface area contributed by atoms with Gasteiger partial charge in [-0.1, -0.05) is 18.6 Å². The van der Waals surface area contributed by atoms with Crippen molar-refractivity contribution in [2.45, 2.75) is 215 Å². The second-order valence-corrected chi connectivity index (χ2v) is 20.5. The van der Waals surface area contributed by atoms with Gasteiger partial charge in [0.2, 0.25) is 5.79 Å². The standard InChI is InChI=1S/C47H72O20/c1-20-41(65-36-15-31(56-7)43(22(3)61-36)67-45-40(53)39(52)38(51)32(17-48)64-45)27(49)13-34(59-20)66-42-21(2)60-35(14-30(42)55-6)62-29-12-24-9-10-25-26(46(24,4)16-28(29)50)11-8-23-18-57-47(5)37(23)33(19-58-47)63-44(25)54/h9,18,20-22,25-43,45,48-53H,8,10-17,19H2,1-7H3/t20-,21-,22-,25-,26+,27-,28-,29-,30-,31-,32-,33?,34+,35+,36+,37-,38-,39+,40-,41-,42-,43-,45+,46+,47+/m1/s1. The molecule has 380 valence electrons. The quantitative estimate of drug-likeness (QED) is 0.124. The highest BCUT2D eigenvalue weighted by molar-refractivity contribution is 5.74. The Labute approximate surface area is 390 Å². The number of allylic oxidation sites excluding steroid dienone is 1. The van der Waals surface area contributed by atoms with E-state index in [0.717, 1.165) is 18.4 Å². The van der Waals surface area contributed by atoms with Crippen molar-refractivity contribution in [2.24, 2.45) is 23.2 Å². The van der Waals surface area contributed by atoms with Crippen LogP contribution < -0.4 is 0 Å². The topological polar surface area (TPSA) is 258 Å². The number of rotatable bonds is 11. The minimum Gasteiger partial charge on any atom is -0.469 e. The van der Waals surface area contributed by atoms with Gasteiger partial charge in [0.1, 0.15) is 48.8 Å². The van der Waals surface area contributed by atoms with Gasteiger partial charge in [-0.15, -0.1) is 0 Å². The van der Waals surface area contributed by atoms with Crippen LogP contribution in [0.15, 0.2) is 23.5 Å². The average molecular weight is 957 g/mol. The van der Waals surface area contributed by atoms with Crippen molar-refractivity contribution in [3.8, 4) is 0 Å². The fraction of sp³-hybridized carbons (Fsp3) is 0.894. The molecule has 6 N–H and O–H groups in total. The molecule has 67 heavy (non-hydrogen) atoms. The predicted molar refractivity (Wildman–Crippen MR) is 227 cm³/mol. The molecule has 7 heterocycles. The molecule has 0 bridgehead atoms. The molecule has 0 aromatic carbocycles. The number of aliphatic hydroxyl groups excluding tert-OH is 6. The van der Waals surface area contributed by atoms with Crippen LogP contribution in [-0.2, 0) is 66.4 Å². The number of carbonyl (C=O) groups excluding carboxylic acids is 1. The van der Waals surface area contributed by atoms with Crippen LogP contribution in [0.3, 0.4) is 0 Å². The minimum absolute atomic E-state index is 0.0362. The van der Waals surface area contributed by atoms with E-state index in [2.05, 4.69) is 13.0 Å². The van der Waals surface area contributed by atoms with Crippen LogP contribution in [0.1, 0.15) is 86.0 Å². The minimum atomic E-state index is -1.60. The number of hydrogen-bond donors (Lipinski definition) is 6. The summed E-state index contributed by atoms with van der Waals surface area (Å²) in [6.45, 7) is 9.14. The summed E-state index contributed by atoms with van der Waals surface area (Å²) in [6.07, 6.45) is -9.91. The summed E-state index contributed by atoms with van der Waals surface area (Å²) < 4.78 is 79.5. The molecule has 20 nitrogen and oxygen atoms in total. The molecule has 7 fully saturated rings. The van der Waals surface area contributed by atoms with Crippen molar-refractivity contribution in [3.05, 3.63) is 23.5 Å². The average Bonchev–Trinajstić information content (AvgIpc) is 3.81. The van der Waals surface area contributed by atoms with E-state index in [1.807, 2.05) is 13.8 Å². The van der Waals surface area contributed by atoms with Crippen molar-refractivity contribution >= 4 is 5.97 Å². The number of methoxy groups -OCH3 is 2. The maximum atomic E-state index is 13.8. The van der Waals surface area contributed by atoms with Gasteiger partial charge in [-0.05, 0) is 69.8 Å². The lowest BCUT2D eigenvalue weighted by Gasteiger charge is -2.52. The highest BCUT2D eigenvalue weighted by atomic mass is 16.8. The van der Waals surface area contributed by atoms with E-state index in [1.54, 1.807) is 27.2 Å². The zero-order chi connectivity index (χ0) is 47.7. The number of aliphatic hydroxyl groups is 6. The van der Waals surface area contributed by atoms with Crippen molar-refractivity contribution in [1.82, 2.24) is 0 Å². The number of hydrogen-bond acceptors (Lipinski definition) is 20. The molecule has 6 saturated heterocycles. The van der Waals surface area contributed by atoms with Gasteiger partial charge in [-0.3, -0.25) is 4.79 Å². The molecule has 0 spiro atoms. The molecular weight excluding hydrogens is 884 g/mol. The Morgan fingerprint density at radius 2 is 1.37 bits per heavy atom. The molecule has 0 aromatic heterocycles. The normalized spacial score (nSPS) is 52.3. The lowest BCUT2D eigenvalue weighted by Crippen LogP contribution is -2.62. The largest absolute Gasteiger partial charge is 0.469 e. The molecule has 1 saturated carbocycles. The molecule has 1 unspecified atom stereocenters. The van der Waals surface area contributed by atoms with E-state index in [-0.39, 0.29) is 42.7 Å². The van der Waals surface area contributed by atoms with Crippen LogP contribution >= 0.6 is 0 Å². The van der Waals surface area contributed by atoms with Crippen LogP contribution in [0.4, 0.5) is 0 Å². The monoisotopic (exact) mass is 956 g/mol. The molecule has 9 rings (SSSR count). The van der Waals surface area contributed by atoms with Crippen LogP contribution in [0, 0.1) is 23.2 Å². The van der Waals surface area contributed by atoms with E-state index in [0.29, 0.717) is 32.3 Å². The van der Waals surface area contributed by atoms with Crippen LogP contribution in [0.2, 0.25) is 0 Å². The smallest absolute Gasteiger partial charge is 0.309 e. The molecule has 0 amide bonds. The molecular formula is C47H72O20. The first kappa shape index (κ1) is 50.0. The number of carbonyl (C=O) groups is 1. The third kappa shape index (κ3) is 9.51. The van der Waals surface area contributed by atoms with E-state index in [9.17, 15) is 35.4 Å². The number of esters is 1. The molecule has 20 heteroatoms.